The van der Waals surface area contributed by atoms with Crippen LogP contribution >= 0.6 is 0 Å². The molecular weight excluding hydrogens is 380 g/mol. The van der Waals surface area contributed by atoms with E-state index in [1.54, 1.807) is 14.2 Å². The van der Waals surface area contributed by atoms with Crippen molar-refractivity contribution in [3.05, 3.63) is 59.2 Å². The van der Waals surface area contributed by atoms with Crippen LogP contribution in [0.4, 0.5) is 0 Å². The van der Waals surface area contributed by atoms with Crippen molar-refractivity contribution in [3.8, 4) is 11.5 Å². The molecule has 30 heavy (non-hydrogen) atoms. The van der Waals surface area contributed by atoms with Gasteiger partial charge in [0.25, 0.3) is 0 Å². The lowest BCUT2D eigenvalue weighted by molar-refractivity contribution is -0.120. The van der Waals surface area contributed by atoms with Gasteiger partial charge >= 0.3 is 0 Å². The second kappa shape index (κ2) is 12.4. The van der Waals surface area contributed by atoms with Crippen LogP contribution in [0.2, 0.25) is 0 Å². The van der Waals surface area contributed by atoms with Crippen molar-refractivity contribution < 1.29 is 14.3 Å². The largest absolute Gasteiger partial charge is 0.497 e. The molecule has 0 unspecified atom stereocenters. The lowest BCUT2D eigenvalue weighted by Gasteiger charge is -2.15. The maximum absolute atomic E-state index is 12.1. The number of aliphatic imine (C=N–C) groups is 1. The maximum atomic E-state index is 12.1. The molecule has 0 atom stereocenters. The van der Waals surface area contributed by atoms with E-state index in [2.05, 4.69) is 33.9 Å². The Bertz CT molecular complexity index is 835. The molecule has 7 nitrogen and oxygen atoms in total. The van der Waals surface area contributed by atoms with Gasteiger partial charge in [-0.2, -0.15) is 0 Å². The highest BCUT2D eigenvalue weighted by molar-refractivity contribution is 5.86. The minimum atomic E-state index is -0.115. The van der Waals surface area contributed by atoms with E-state index in [1.165, 1.54) is 0 Å². The molecule has 1 amide bonds. The third kappa shape index (κ3) is 7.66. The highest BCUT2D eigenvalue weighted by atomic mass is 16.5. The number of hydrogen-bond acceptors (Lipinski definition) is 4. The zero-order chi connectivity index (χ0) is 21.8. The number of ether oxygens (including phenoxy) is 2. The number of carbonyl (C=O) groups excluding carboxylic acids is 1. The normalized spacial score (nSPS) is 11.0. The Balaban J connectivity index is 1.79. The highest BCUT2D eigenvalue weighted by Gasteiger charge is 2.07. The number of nitrogens with zero attached hydrogens (tertiary/aromatic N) is 1. The van der Waals surface area contributed by atoms with Crippen molar-refractivity contribution in [1.82, 2.24) is 16.0 Å². The first-order valence-electron chi connectivity index (χ1n) is 10.1. The van der Waals surface area contributed by atoms with Crippen LogP contribution in [0.5, 0.6) is 11.5 Å². The predicted molar refractivity (Wildman–Crippen MR) is 120 cm³/mol. The third-order valence-electron chi connectivity index (χ3n) is 4.42. The molecule has 0 fully saturated rings. The summed E-state index contributed by atoms with van der Waals surface area (Å²) in [7, 11) is 3.30. The standard InChI is InChI=1S/C23H32N4O3/c1-5-12-30-21-13-17(2)6-9-19(21)15-26-23(24-3)27-16-22(28)25-14-18-7-10-20(29-4)11-8-18/h6-11,13H,5,12,14-16H2,1-4H3,(H,25,28)(H2,24,26,27). The van der Waals surface area contributed by atoms with E-state index in [-0.39, 0.29) is 12.5 Å². The van der Waals surface area contributed by atoms with E-state index in [9.17, 15) is 4.79 Å². The third-order valence-corrected chi connectivity index (χ3v) is 4.42. The van der Waals surface area contributed by atoms with E-state index < -0.39 is 0 Å². The maximum Gasteiger partial charge on any atom is 0.239 e. The number of methoxy groups -OCH3 is 1. The van der Waals surface area contributed by atoms with Crippen molar-refractivity contribution in [1.29, 1.82) is 0 Å². The molecule has 0 aliphatic rings. The van der Waals surface area contributed by atoms with Crippen LogP contribution in [-0.4, -0.2) is 39.2 Å². The fourth-order valence-corrected chi connectivity index (χ4v) is 2.72. The van der Waals surface area contributed by atoms with Crippen LogP contribution in [0.1, 0.15) is 30.0 Å². The highest BCUT2D eigenvalue weighted by Crippen LogP contribution is 2.20. The molecule has 2 rings (SSSR count). The van der Waals surface area contributed by atoms with E-state index in [1.807, 2.05) is 43.3 Å². The molecule has 0 radical (unpaired) electrons. The fraction of sp³-hybridized carbons (Fsp3) is 0.391. The summed E-state index contributed by atoms with van der Waals surface area (Å²) in [6.07, 6.45) is 0.954. The Morgan fingerprint density at radius 1 is 1.03 bits per heavy atom. The Morgan fingerprint density at radius 3 is 2.47 bits per heavy atom. The predicted octanol–water partition coefficient (Wildman–Crippen LogP) is 2.77. The van der Waals surface area contributed by atoms with Crippen LogP contribution in [0.15, 0.2) is 47.5 Å². The molecule has 0 aliphatic heterocycles. The lowest BCUT2D eigenvalue weighted by Crippen LogP contribution is -2.42. The average molecular weight is 413 g/mol. The van der Waals surface area contributed by atoms with E-state index in [0.29, 0.717) is 25.7 Å². The second-order valence-electron chi connectivity index (χ2n) is 6.86. The van der Waals surface area contributed by atoms with Gasteiger partial charge < -0.3 is 25.4 Å². The molecule has 2 aromatic carbocycles. The van der Waals surface area contributed by atoms with E-state index in [4.69, 9.17) is 9.47 Å². The number of nitrogens with one attached hydrogen (secondary N) is 3. The van der Waals surface area contributed by atoms with Gasteiger partial charge in [-0.05, 0) is 42.7 Å². The smallest absolute Gasteiger partial charge is 0.239 e. The van der Waals surface area contributed by atoms with Gasteiger partial charge in [0.1, 0.15) is 11.5 Å². The van der Waals surface area contributed by atoms with Gasteiger partial charge in [-0.15, -0.1) is 0 Å². The molecule has 0 saturated carbocycles. The molecule has 3 N–H and O–H groups in total. The van der Waals surface area contributed by atoms with Crippen molar-refractivity contribution in [2.24, 2.45) is 4.99 Å². The first kappa shape index (κ1) is 23.1. The molecule has 0 bridgehead atoms. The zero-order valence-electron chi connectivity index (χ0n) is 18.2. The minimum Gasteiger partial charge on any atom is -0.497 e. The molecule has 0 aromatic heterocycles. The first-order valence-corrected chi connectivity index (χ1v) is 10.1. The molecule has 7 heteroatoms. The first-order chi connectivity index (χ1) is 14.5. The summed E-state index contributed by atoms with van der Waals surface area (Å²) in [6, 6.07) is 13.7. The monoisotopic (exact) mass is 412 g/mol. The molecular formula is C23H32N4O3. The zero-order valence-corrected chi connectivity index (χ0v) is 18.2. The van der Waals surface area contributed by atoms with E-state index in [0.717, 1.165) is 34.6 Å². The number of guanidine groups is 1. The molecule has 0 aliphatic carbocycles. The number of benzene rings is 2. The summed E-state index contributed by atoms with van der Waals surface area (Å²) < 4.78 is 11.0. The van der Waals surface area contributed by atoms with Gasteiger partial charge in [0.15, 0.2) is 5.96 Å². The summed E-state index contributed by atoms with van der Waals surface area (Å²) in [4.78, 5) is 16.3. The quantitative estimate of drug-likeness (QED) is 0.413. The number of hydrogen-bond donors (Lipinski definition) is 3. The summed E-state index contributed by atoms with van der Waals surface area (Å²) in [5.41, 5.74) is 3.20. The van der Waals surface area contributed by atoms with Gasteiger partial charge in [-0.1, -0.05) is 31.2 Å². The number of amides is 1. The number of aryl methyl sites for hydroxylation is 1. The number of carbonyl (C=O) groups is 1. The average Bonchev–Trinajstić information content (AvgIpc) is 2.77. The van der Waals surface area contributed by atoms with Crippen LogP contribution in [-0.2, 0) is 17.9 Å². The van der Waals surface area contributed by atoms with Gasteiger partial charge in [0, 0.05) is 25.7 Å². The van der Waals surface area contributed by atoms with Crippen molar-refractivity contribution >= 4 is 11.9 Å². The van der Waals surface area contributed by atoms with E-state index >= 15 is 0 Å². The van der Waals surface area contributed by atoms with Crippen LogP contribution < -0.4 is 25.4 Å². The summed E-state index contributed by atoms with van der Waals surface area (Å²) in [6.45, 7) is 5.94. The van der Waals surface area contributed by atoms with Crippen LogP contribution in [0.25, 0.3) is 0 Å². The topological polar surface area (TPSA) is 84.0 Å². The van der Waals surface area contributed by atoms with Crippen molar-refractivity contribution in [2.45, 2.75) is 33.4 Å². The van der Waals surface area contributed by atoms with Crippen LogP contribution in [0.3, 0.4) is 0 Å². The number of rotatable bonds is 10. The second-order valence-corrected chi connectivity index (χ2v) is 6.86. The fourth-order valence-electron chi connectivity index (χ4n) is 2.72. The molecule has 2 aromatic rings. The van der Waals surface area contributed by atoms with Crippen molar-refractivity contribution in [3.63, 3.8) is 0 Å². The van der Waals surface area contributed by atoms with Crippen LogP contribution in [0, 0.1) is 6.92 Å². The summed E-state index contributed by atoms with van der Waals surface area (Å²) in [5.74, 6) is 2.10. The van der Waals surface area contributed by atoms with Crippen molar-refractivity contribution in [2.75, 3.05) is 27.3 Å². The Morgan fingerprint density at radius 2 is 1.80 bits per heavy atom. The van der Waals surface area contributed by atoms with Gasteiger partial charge in [-0.3, -0.25) is 9.79 Å². The van der Waals surface area contributed by atoms with Gasteiger partial charge in [0.2, 0.25) is 5.91 Å². The molecule has 0 saturated heterocycles. The molecule has 162 valence electrons. The Labute approximate surface area is 178 Å². The SMILES string of the molecule is CCCOc1cc(C)ccc1CNC(=NC)NCC(=O)NCc1ccc(OC)cc1. The Kier molecular flexibility index (Phi) is 9.51. The molecule has 0 spiro atoms. The van der Waals surface area contributed by atoms with Gasteiger partial charge in [-0.25, -0.2) is 0 Å². The summed E-state index contributed by atoms with van der Waals surface area (Å²) in [5, 5.41) is 9.15. The van der Waals surface area contributed by atoms with Gasteiger partial charge in [0.05, 0.1) is 20.3 Å². The lowest BCUT2D eigenvalue weighted by atomic mass is 10.1. The minimum absolute atomic E-state index is 0.115. The molecule has 0 heterocycles. The Hall–Kier alpha value is -3.22. The summed E-state index contributed by atoms with van der Waals surface area (Å²) >= 11 is 0.